The summed E-state index contributed by atoms with van der Waals surface area (Å²) in [6, 6.07) is -0.459. The van der Waals surface area contributed by atoms with Gasteiger partial charge in [-0.15, -0.1) is 0 Å². The highest BCUT2D eigenvalue weighted by atomic mass is 16.6. The first kappa shape index (κ1) is 14.8. The van der Waals surface area contributed by atoms with Crippen molar-refractivity contribution in [2.24, 2.45) is 0 Å². The molecule has 0 saturated carbocycles. The van der Waals surface area contributed by atoms with Crippen LogP contribution in [0, 0.1) is 0 Å². The highest BCUT2D eigenvalue weighted by Crippen LogP contribution is 2.19. The first-order valence-electron chi connectivity index (χ1n) is 6.04. The molecule has 104 valence electrons. The second-order valence-electron chi connectivity index (χ2n) is 5.72. The van der Waals surface area contributed by atoms with Gasteiger partial charge in [-0.1, -0.05) is 0 Å². The van der Waals surface area contributed by atoms with E-state index in [1.54, 1.807) is 23.8 Å². The number of aliphatic carboxylic acids is 1. The number of likely N-dealkylation sites (N-methyl/N-ethyl adjacent to an activating group) is 1. The van der Waals surface area contributed by atoms with Crippen LogP contribution in [0.1, 0.15) is 27.7 Å². The lowest BCUT2D eigenvalue weighted by molar-refractivity contribution is -0.144. The number of ether oxygens (including phenoxy) is 1. The van der Waals surface area contributed by atoms with E-state index in [0.29, 0.717) is 13.1 Å². The van der Waals surface area contributed by atoms with E-state index >= 15 is 0 Å². The smallest absolute Gasteiger partial charge is 0.410 e. The van der Waals surface area contributed by atoms with Crippen molar-refractivity contribution in [3.8, 4) is 0 Å². The summed E-state index contributed by atoms with van der Waals surface area (Å²) < 4.78 is 5.23. The SMILES string of the molecule is C[C@@H](C(=O)O)N(C)C1CN(C(=O)OC(C)(C)C)C1. The van der Waals surface area contributed by atoms with Gasteiger partial charge in [-0.25, -0.2) is 4.79 Å². The van der Waals surface area contributed by atoms with Gasteiger partial charge >= 0.3 is 12.1 Å². The third-order valence-electron chi connectivity index (χ3n) is 3.06. The van der Waals surface area contributed by atoms with E-state index in [1.165, 1.54) is 0 Å². The van der Waals surface area contributed by atoms with E-state index in [0.717, 1.165) is 0 Å². The Kier molecular flexibility index (Phi) is 4.21. The molecule has 1 atom stereocenters. The third kappa shape index (κ3) is 3.60. The fourth-order valence-electron chi connectivity index (χ4n) is 1.68. The molecular formula is C12H22N2O4. The number of rotatable bonds is 3. The third-order valence-corrected chi connectivity index (χ3v) is 3.06. The molecule has 6 nitrogen and oxygen atoms in total. The molecule has 1 amide bonds. The summed E-state index contributed by atoms with van der Waals surface area (Å²) in [6.45, 7) is 8.13. The molecule has 1 aliphatic heterocycles. The molecule has 1 N–H and O–H groups in total. The molecule has 6 heteroatoms. The molecule has 0 aromatic rings. The highest BCUT2D eigenvalue weighted by Gasteiger charge is 2.38. The fraction of sp³-hybridized carbons (Fsp3) is 0.833. The Balaban J connectivity index is 2.40. The summed E-state index contributed by atoms with van der Waals surface area (Å²) in [6.07, 6.45) is -0.338. The molecule has 0 aromatic heterocycles. The Morgan fingerprint density at radius 1 is 1.39 bits per heavy atom. The van der Waals surface area contributed by atoms with Crippen LogP contribution in [0.5, 0.6) is 0 Å². The highest BCUT2D eigenvalue weighted by molar-refractivity contribution is 5.73. The lowest BCUT2D eigenvalue weighted by Crippen LogP contribution is -2.63. The largest absolute Gasteiger partial charge is 0.480 e. The van der Waals surface area contributed by atoms with Crippen LogP contribution in [0.2, 0.25) is 0 Å². The number of amides is 1. The van der Waals surface area contributed by atoms with Crippen LogP contribution in [0.25, 0.3) is 0 Å². The van der Waals surface area contributed by atoms with E-state index in [1.807, 2.05) is 20.8 Å². The molecule has 1 saturated heterocycles. The second kappa shape index (κ2) is 5.14. The summed E-state index contributed by atoms with van der Waals surface area (Å²) in [4.78, 5) is 25.9. The molecule has 0 unspecified atom stereocenters. The topological polar surface area (TPSA) is 70.1 Å². The number of carbonyl (C=O) groups excluding carboxylic acids is 1. The van der Waals surface area contributed by atoms with Crippen LogP contribution in [0.4, 0.5) is 4.79 Å². The summed E-state index contributed by atoms with van der Waals surface area (Å²) in [7, 11) is 1.76. The lowest BCUT2D eigenvalue weighted by atomic mass is 10.1. The quantitative estimate of drug-likeness (QED) is 0.818. The predicted octanol–water partition coefficient (Wildman–Crippen LogP) is 1.01. The van der Waals surface area contributed by atoms with Gasteiger partial charge in [0.05, 0.1) is 0 Å². The Bertz CT molecular complexity index is 331. The normalized spacial score (nSPS) is 18.4. The second-order valence-corrected chi connectivity index (χ2v) is 5.72. The molecule has 0 aliphatic carbocycles. The van der Waals surface area contributed by atoms with Gasteiger partial charge in [-0.3, -0.25) is 9.69 Å². The van der Waals surface area contributed by atoms with Crippen molar-refractivity contribution in [2.45, 2.75) is 45.4 Å². The molecule has 1 fully saturated rings. The molecule has 0 aromatic carbocycles. The Morgan fingerprint density at radius 2 is 1.89 bits per heavy atom. The van der Waals surface area contributed by atoms with Crippen LogP contribution in [0.15, 0.2) is 0 Å². The predicted molar refractivity (Wildman–Crippen MR) is 66.5 cm³/mol. The maximum Gasteiger partial charge on any atom is 0.410 e. The molecule has 1 heterocycles. The van der Waals surface area contributed by atoms with Crippen molar-refractivity contribution >= 4 is 12.1 Å². The van der Waals surface area contributed by atoms with Crippen LogP contribution < -0.4 is 0 Å². The van der Waals surface area contributed by atoms with Gasteiger partial charge in [-0.2, -0.15) is 0 Å². The van der Waals surface area contributed by atoms with Crippen molar-refractivity contribution in [2.75, 3.05) is 20.1 Å². The number of hydrogen-bond donors (Lipinski definition) is 1. The van der Waals surface area contributed by atoms with Gasteiger partial charge in [0.2, 0.25) is 0 Å². The number of carboxylic acids is 1. The van der Waals surface area contributed by atoms with Gasteiger partial charge in [0.25, 0.3) is 0 Å². The van der Waals surface area contributed by atoms with E-state index in [2.05, 4.69) is 0 Å². The average Bonchev–Trinajstić information content (AvgIpc) is 2.10. The summed E-state index contributed by atoms with van der Waals surface area (Å²) >= 11 is 0. The molecular weight excluding hydrogens is 236 g/mol. The molecule has 0 bridgehead atoms. The zero-order chi connectivity index (χ0) is 14.1. The first-order chi connectivity index (χ1) is 8.11. The van der Waals surface area contributed by atoms with E-state index in [9.17, 15) is 9.59 Å². The zero-order valence-electron chi connectivity index (χ0n) is 11.6. The Labute approximate surface area is 107 Å². The van der Waals surface area contributed by atoms with Gasteiger partial charge in [0.15, 0.2) is 0 Å². The fourth-order valence-corrected chi connectivity index (χ4v) is 1.68. The summed E-state index contributed by atoms with van der Waals surface area (Å²) in [5.41, 5.74) is -0.498. The number of likely N-dealkylation sites (tertiary alicyclic amines) is 1. The molecule has 1 rings (SSSR count). The van der Waals surface area contributed by atoms with E-state index < -0.39 is 17.6 Å². The average molecular weight is 258 g/mol. The lowest BCUT2D eigenvalue weighted by Gasteiger charge is -2.45. The summed E-state index contributed by atoms with van der Waals surface area (Å²) in [5, 5.41) is 8.90. The van der Waals surface area contributed by atoms with Crippen LogP contribution >= 0.6 is 0 Å². The van der Waals surface area contributed by atoms with Crippen LogP contribution in [-0.4, -0.2) is 64.8 Å². The van der Waals surface area contributed by atoms with E-state index in [-0.39, 0.29) is 12.1 Å². The van der Waals surface area contributed by atoms with Gasteiger partial charge in [0.1, 0.15) is 11.6 Å². The number of carbonyl (C=O) groups is 2. The van der Waals surface area contributed by atoms with Crippen molar-refractivity contribution < 1.29 is 19.4 Å². The maximum atomic E-state index is 11.7. The van der Waals surface area contributed by atoms with Crippen LogP contribution in [-0.2, 0) is 9.53 Å². The molecule has 0 radical (unpaired) electrons. The van der Waals surface area contributed by atoms with Gasteiger partial charge in [-0.05, 0) is 34.7 Å². The zero-order valence-corrected chi connectivity index (χ0v) is 11.6. The van der Waals surface area contributed by atoms with E-state index in [4.69, 9.17) is 9.84 Å². The van der Waals surface area contributed by atoms with Gasteiger partial charge in [0, 0.05) is 19.1 Å². The summed E-state index contributed by atoms with van der Waals surface area (Å²) in [5.74, 6) is -0.854. The standard InChI is InChI=1S/C12H22N2O4/c1-8(10(15)16)13(5)9-6-14(7-9)11(17)18-12(2,3)4/h8-9H,6-7H2,1-5H3,(H,15,16)/t8-/m0/s1. The number of nitrogens with zero attached hydrogens (tertiary/aromatic N) is 2. The molecule has 18 heavy (non-hydrogen) atoms. The minimum atomic E-state index is -0.854. The monoisotopic (exact) mass is 258 g/mol. The van der Waals surface area contributed by atoms with Crippen molar-refractivity contribution in [1.82, 2.24) is 9.80 Å². The number of carboxylic acid groups (broad SMARTS) is 1. The minimum absolute atomic E-state index is 0.0867. The van der Waals surface area contributed by atoms with Crippen LogP contribution in [0.3, 0.4) is 0 Å². The maximum absolute atomic E-state index is 11.7. The number of hydrogen-bond acceptors (Lipinski definition) is 4. The molecule has 0 spiro atoms. The Morgan fingerprint density at radius 3 is 2.28 bits per heavy atom. The van der Waals surface area contributed by atoms with Crippen molar-refractivity contribution in [3.63, 3.8) is 0 Å². The first-order valence-corrected chi connectivity index (χ1v) is 6.04. The Hall–Kier alpha value is -1.30. The molecule has 1 aliphatic rings. The van der Waals surface area contributed by atoms with Gasteiger partial charge < -0.3 is 14.7 Å². The van der Waals surface area contributed by atoms with Crippen molar-refractivity contribution in [3.05, 3.63) is 0 Å². The van der Waals surface area contributed by atoms with Crippen molar-refractivity contribution in [1.29, 1.82) is 0 Å². The minimum Gasteiger partial charge on any atom is -0.480 e.